The highest BCUT2D eigenvalue weighted by atomic mass is 35.5. The molecule has 2 aromatic rings. The fourth-order valence-corrected chi connectivity index (χ4v) is 5.86. The second-order valence-corrected chi connectivity index (χ2v) is 11.3. The Balaban J connectivity index is 1.49. The van der Waals surface area contributed by atoms with Gasteiger partial charge in [-0.25, -0.2) is 4.98 Å². The molecule has 39 heavy (non-hydrogen) atoms. The molecule has 0 saturated carbocycles. The fourth-order valence-electron chi connectivity index (χ4n) is 5.10. The number of amides is 3. The Labute approximate surface area is 235 Å². The van der Waals surface area contributed by atoms with Gasteiger partial charge in [0.1, 0.15) is 12.6 Å². The summed E-state index contributed by atoms with van der Waals surface area (Å²) in [6, 6.07) is 5.25. The monoisotopic (exact) mass is 573 g/mol. The lowest BCUT2D eigenvalue weighted by atomic mass is 9.90. The normalized spacial score (nSPS) is 20.6. The first-order valence-corrected chi connectivity index (χ1v) is 14.0. The van der Waals surface area contributed by atoms with Crippen LogP contribution in [0.25, 0.3) is 0 Å². The minimum absolute atomic E-state index is 0.0171. The molecule has 3 unspecified atom stereocenters. The summed E-state index contributed by atoms with van der Waals surface area (Å²) in [7, 11) is 1.56. The van der Waals surface area contributed by atoms with Crippen molar-refractivity contribution in [3.05, 3.63) is 51.4 Å². The smallest absolute Gasteiger partial charge is 0.245 e. The standard InChI is InChI=1S/C26H32ClN7O4S/c1-32-15-22(36)34(20(25(32)38)12-16-4-6-18(27)7-5-16)14-21(35)31-19(23(37)24-30-8-10-39-24)11-17-3-2-9-33(13-17)26(28)29/h4-8,10,17,19-20H,2-3,9,11-15H2,1H3,(H3,28,29)(H,31,35). The van der Waals surface area contributed by atoms with Gasteiger partial charge in [-0.2, -0.15) is 0 Å². The lowest BCUT2D eigenvalue weighted by Gasteiger charge is -2.39. The van der Waals surface area contributed by atoms with Crippen LogP contribution in [0.15, 0.2) is 35.8 Å². The van der Waals surface area contributed by atoms with Crippen LogP contribution in [0.5, 0.6) is 0 Å². The maximum absolute atomic E-state index is 13.3. The molecule has 1 aromatic heterocycles. The number of aromatic nitrogens is 1. The van der Waals surface area contributed by atoms with Crippen LogP contribution in [0, 0.1) is 11.3 Å². The van der Waals surface area contributed by atoms with Crippen molar-refractivity contribution in [1.82, 2.24) is 25.0 Å². The molecule has 2 saturated heterocycles. The van der Waals surface area contributed by atoms with E-state index in [1.54, 1.807) is 41.6 Å². The molecule has 3 atom stereocenters. The predicted octanol–water partition coefficient (Wildman–Crippen LogP) is 1.37. The maximum Gasteiger partial charge on any atom is 0.245 e. The van der Waals surface area contributed by atoms with E-state index in [4.69, 9.17) is 22.7 Å². The summed E-state index contributed by atoms with van der Waals surface area (Å²) >= 11 is 7.18. The Bertz CT molecular complexity index is 1220. The van der Waals surface area contributed by atoms with Crippen LogP contribution in [0.4, 0.5) is 0 Å². The number of ketones is 1. The van der Waals surface area contributed by atoms with Crippen molar-refractivity contribution >= 4 is 52.4 Å². The number of thiazole rings is 1. The van der Waals surface area contributed by atoms with Crippen molar-refractivity contribution in [2.24, 2.45) is 11.7 Å². The van der Waals surface area contributed by atoms with E-state index >= 15 is 0 Å². The summed E-state index contributed by atoms with van der Waals surface area (Å²) in [4.78, 5) is 61.2. The van der Waals surface area contributed by atoms with Crippen LogP contribution in [0.3, 0.4) is 0 Å². The van der Waals surface area contributed by atoms with Gasteiger partial charge in [0.05, 0.1) is 12.6 Å². The zero-order chi connectivity index (χ0) is 28.1. The van der Waals surface area contributed by atoms with E-state index in [0.717, 1.165) is 18.4 Å². The van der Waals surface area contributed by atoms with E-state index in [1.807, 2.05) is 0 Å². The Kier molecular flexibility index (Phi) is 9.18. The molecule has 13 heteroatoms. The number of Topliss-reactive ketones (excluding diaryl/α,β-unsaturated/α-hetero) is 1. The van der Waals surface area contributed by atoms with Crippen LogP contribution in [-0.2, 0) is 20.8 Å². The molecular formula is C26H32ClN7O4S. The van der Waals surface area contributed by atoms with Gasteiger partial charge in [-0.1, -0.05) is 23.7 Å². The number of nitrogens with two attached hydrogens (primary N) is 1. The van der Waals surface area contributed by atoms with Crippen molar-refractivity contribution in [1.29, 1.82) is 5.41 Å². The Morgan fingerprint density at radius 3 is 2.69 bits per heavy atom. The van der Waals surface area contributed by atoms with Crippen molar-refractivity contribution < 1.29 is 19.2 Å². The summed E-state index contributed by atoms with van der Waals surface area (Å²) < 4.78 is 0. The number of rotatable bonds is 9. The number of benzene rings is 1. The summed E-state index contributed by atoms with van der Waals surface area (Å²) in [5, 5.41) is 13.1. The molecule has 11 nitrogen and oxygen atoms in total. The average Bonchev–Trinajstić information content (AvgIpc) is 3.45. The van der Waals surface area contributed by atoms with Crippen LogP contribution in [0.1, 0.15) is 34.6 Å². The number of halogens is 1. The number of likely N-dealkylation sites (N-methyl/N-ethyl adjacent to an activating group) is 1. The van der Waals surface area contributed by atoms with Crippen LogP contribution < -0.4 is 11.1 Å². The second kappa shape index (κ2) is 12.6. The van der Waals surface area contributed by atoms with Gasteiger partial charge in [0.25, 0.3) is 0 Å². The van der Waals surface area contributed by atoms with E-state index in [1.165, 1.54) is 27.3 Å². The third-order valence-electron chi connectivity index (χ3n) is 7.11. The number of carbonyl (C=O) groups excluding carboxylic acids is 4. The quantitative estimate of drug-likeness (QED) is 0.233. The van der Waals surface area contributed by atoms with Gasteiger partial charge >= 0.3 is 0 Å². The van der Waals surface area contributed by atoms with Gasteiger partial charge in [0.15, 0.2) is 11.0 Å². The van der Waals surface area contributed by atoms with E-state index in [2.05, 4.69) is 10.3 Å². The first kappa shape index (κ1) is 28.5. The SMILES string of the molecule is CN1CC(=O)N(CC(=O)NC(CC2CCCN(C(=N)N)C2)C(=O)c2nccs2)C(Cc2ccc(Cl)cc2)C1=O. The third kappa shape index (κ3) is 7.12. The van der Waals surface area contributed by atoms with Crippen molar-refractivity contribution in [2.75, 3.05) is 33.2 Å². The molecule has 208 valence electrons. The number of piperazine rings is 1. The van der Waals surface area contributed by atoms with E-state index in [-0.39, 0.29) is 54.0 Å². The molecule has 0 bridgehead atoms. The lowest BCUT2D eigenvalue weighted by molar-refractivity contribution is -0.155. The molecule has 0 spiro atoms. The highest BCUT2D eigenvalue weighted by Gasteiger charge is 2.39. The molecule has 0 aliphatic carbocycles. The summed E-state index contributed by atoms with van der Waals surface area (Å²) in [5.41, 5.74) is 6.48. The van der Waals surface area contributed by atoms with Crippen LogP contribution in [-0.4, -0.2) is 94.5 Å². The Hall–Kier alpha value is -3.51. The second-order valence-electron chi connectivity index (χ2n) is 9.96. The molecule has 3 amide bonds. The number of hydrogen-bond acceptors (Lipinski definition) is 7. The number of carbonyl (C=O) groups is 4. The molecule has 4 rings (SSSR count). The molecule has 2 aliphatic heterocycles. The fraction of sp³-hybridized carbons (Fsp3) is 0.462. The number of likely N-dealkylation sites (tertiary alicyclic amines) is 1. The number of hydrogen-bond donors (Lipinski definition) is 3. The molecule has 2 aliphatic rings. The van der Waals surface area contributed by atoms with Gasteiger partial charge in [-0.05, 0) is 42.9 Å². The van der Waals surface area contributed by atoms with Gasteiger partial charge in [-0.3, -0.25) is 24.6 Å². The maximum atomic E-state index is 13.3. The zero-order valence-electron chi connectivity index (χ0n) is 21.6. The van der Waals surface area contributed by atoms with Gasteiger partial charge in [-0.15, -0.1) is 11.3 Å². The molecule has 4 N–H and O–H groups in total. The van der Waals surface area contributed by atoms with Gasteiger partial charge in [0.2, 0.25) is 23.5 Å². The summed E-state index contributed by atoms with van der Waals surface area (Å²) in [6.45, 7) is 0.704. The van der Waals surface area contributed by atoms with E-state index < -0.39 is 18.0 Å². The largest absolute Gasteiger partial charge is 0.370 e. The van der Waals surface area contributed by atoms with Crippen LogP contribution >= 0.6 is 22.9 Å². The minimum Gasteiger partial charge on any atom is -0.370 e. The summed E-state index contributed by atoms with van der Waals surface area (Å²) in [6.07, 6.45) is 3.75. The number of nitrogens with zero attached hydrogens (tertiary/aromatic N) is 4. The van der Waals surface area contributed by atoms with E-state index in [0.29, 0.717) is 24.5 Å². The minimum atomic E-state index is -0.867. The lowest BCUT2D eigenvalue weighted by Crippen LogP contribution is -2.61. The predicted molar refractivity (Wildman–Crippen MR) is 147 cm³/mol. The van der Waals surface area contributed by atoms with Crippen LogP contribution in [0.2, 0.25) is 5.02 Å². The number of piperidine rings is 1. The molecule has 1 aromatic carbocycles. The van der Waals surface area contributed by atoms with E-state index in [9.17, 15) is 19.2 Å². The van der Waals surface area contributed by atoms with Crippen molar-refractivity contribution in [2.45, 2.75) is 37.8 Å². The third-order valence-corrected chi connectivity index (χ3v) is 8.15. The highest BCUT2D eigenvalue weighted by Crippen LogP contribution is 2.23. The summed E-state index contributed by atoms with van der Waals surface area (Å²) in [5.74, 6) is -1.44. The topological polar surface area (TPSA) is 153 Å². The Morgan fingerprint density at radius 1 is 1.28 bits per heavy atom. The highest BCUT2D eigenvalue weighted by molar-refractivity contribution is 7.11. The first-order valence-electron chi connectivity index (χ1n) is 12.7. The van der Waals surface area contributed by atoms with Crippen molar-refractivity contribution in [3.8, 4) is 0 Å². The van der Waals surface area contributed by atoms with Crippen molar-refractivity contribution in [3.63, 3.8) is 0 Å². The first-order chi connectivity index (χ1) is 18.6. The molecule has 0 radical (unpaired) electrons. The molecule has 2 fully saturated rings. The Morgan fingerprint density at radius 2 is 2.03 bits per heavy atom. The average molecular weight is 574 g/mol. The number of nitrogens with one attached hydrogen (secondary N) is 2. The zero-order valence-corrected chi connectivity index (χ0v) is 23.2. The van der Waals surface area contributed by atoms with Gasteiger partial charge in [0, 0.05) is 43.2 Å². The molecule has 3 heterocycles. The molecular weight excluding hydrogens is 542 g/mol. The number of guanidine groups is 1. The van der Waals surface area contributed by atoms with Gasteiger partial charge < -0.3 is 25.8 Å².